The van der Waals surface area contributed by atoms with Crippen LogP contribution in [-0.2, 0) is 16.0 Å². The molecule has 29 heavy (non-hydrogen) atoms. The molecule has 0 bridgehead atoms. The predicted octanol–water partition coefficient (Wildman–Crippen LogP) is 3.76. The third kappa shape index (κ3) is 4.31. The van der Waals surface area contributed by atoms with Crippen LogP contribution in [0.5, 0.6) is 0 Å². The largest absolute Gasteiger partial charge is 0.342 e. The molecule has 3 aliphatic rings. The van der Waals surface area contributed by atoms with Crippen molar-refractivity contribution >= 4 is 17.6 Å². The van der Waals surface area contributed by atoms with Gasteiger partial charge in [0.25, 0.3) is 0 Å². The van der Waals surface area contributed by atoms with Gasteiger partial charge in [-0.3, -0.25) is 14.5 Å². The van der Waals surface area contributed by atoms with Gasteiger partial charge in [0.15, 0.2) is 0 Å². The second-order valence-corrected chi connectivity index (χ2v) is 9.01. The van der Waals surface area contributed by atoms with Gasteiger partial charge in [-0.25, -0.2) is 9.97 Å². The summed E-state index contributed by atoms with van der Waals surface area (Å²) in [7, 11) is 0. The average molecular weight is 399 g/mol. The molecule has 1 aliphatic carbocycles. The van der Waals surface area contributed by atoms with E-state index in [9.17, 15) is 9.59 Å². The molecule has 0 N–H and O–H groups in total. The van der Waals surface area contributed by atoms with Gasteiger partial charge in [0.2, 0.25) is 11.8 Å². The summed E-state index contributed by atoms with van der Waals surface area (Å²) in [4.78, 5) is 38.8. The van der Waals surface area contributed by atoms with Crippen LogP contribution in [0.4, 0.5) is 5.82 Å². The molecule has 1 atom stereocenters. The Labute approximate surface area is 174 Å². The number of amides is 2. The van der Waals surface area contributed by atoms with Gasteiger partial charge in [-0.2, -0.15) is 0 Å². The second-order valence-electron chi connectivity index (χ2n) is 9.01. The summed E-state index contributed by atoms with van der Waals surface area (Å²) in [5.41, 5.74) is 2.14. The van der Waals surface area contributed by atoms with Crippen molar-refractivity contribution in [3.8, 4) is 0 Å². The predicted molar refractivity (Wildman–Crippen MR) is 113 cm³/mol. The van der Waals surface area contributed by atoms with Crippen LogP contribution in [0.25, 0.3) is 0 Å². The highest BCUT2D eigenvalue weighted by Gasteiger charge is 2.32. The van der Waals surface area contributed by atoms with Crippen LogP contribution in [0.3, 0.4) is 0 Å². The molecule has 4 rings (SSSR count). The van der Waals surface area contributed by atoms with Crippen LogP contribution in [-0.4, -0.2) is 46.3 Å². The normalized spacial score (nSPS) is 23.2. The Balaban J connectivity index is 1.60. The zero-order chi connectivity index (χ0) is 20.4. The molecule has 0 spiro atoms. The van der Waals surface area contributed by atoms with Crippen LogP contribution in [0.1, 0.15) is 87.7 Å². The number of aromatic nitrogens is 2. The highest BCUT2D eigenvalue weighted by molar-refractivity contribution is 5.95. The molecule has 1 saturated heterocycles. The molecule has 1 aromatic rings. The zero-order valence-electron chi connectivity index (χ0n) is 18.0. The Morgan fingerprint density at radius 1 is 1.07 bits per heavy atom. The maximum atomic E-state index is 12.8. The fraction of sp³-hybridized carbons (Fsp3) is 0.739. The molecule has 6 nitrogen and oxygen atoms in total. The van der Waals surface area contributed by atoms with E-state index in [1.807, 2.05) is 16.7 Å². The first-order chi connectivity index (χ1) is 14.1. The van der Waals surface area contributed by atoms with Crippen LogP contribution >= 0.6 is 0 Å². The second kappa shape index (κ2) is 8.80. The van der Waals surface area contributed by atoms with Gasteiger partial charge in [0.05, 0.1) is 0 Å². The quantitative estimate of drug-likeness (QED) is 0.774. The number of rotatable bonds is 4. The van der Waals surface area contributed by atoms with E-state index in [1.165, 1.54) is 32.1 Å². The standard InChI is InChI=1S/C23H34N4O2/c1-3-20(28)26-13-7-10-18(15-26)22-24-16(2)19-11-12-21(29)27(23(19)25-22)14-17-8-5-4-6-9-17/h17-18H,3-15H2,1-2H3. The summed E-state index contributed by atoms with van der Waals surface area (Å²) in [5, 5.41) is 0. The van der Waals surface area contributed by atoms with Crippen LogP contribution < -0.4 is 4.90 Å². The van der Waals surface area contributed by atoms with E-state index in [2.05, 4.69) is 6.92 Å². The number of hydrogen-bond acceptors (Lipinski definition) is 4. The molecular weight excluding hydrogens is 364 g/mol. The van der Waals surface area contributed by atoms with Crippen LogP contribution in [0.15, 0.2) is 0 Å². The average Bonchev–Trinajstić information content (AvgIpc) is 2.76. The number of carbonyl (C=O) groups excluding carboxylic acids is 2. The fourth-order valence-corrected chi connectivity index (χ4v) is 5.24. The lowest BCUT2D eigenvalue weighted by atomic mass is 9.88. The SMILES string of the molecule is CCC(=O)N1CCCC(c2nc(C)c3c(n2)N(CC2CCCCC2)C(=O)CC3)C1. The molecule has 0 aromatic carbocycles. The van der Waals surface area contributed by atoms with E-state index < -0.39 is 0 Å². The number of hydrogen-bond donors (Lipinski definition) is 0. The highest BCUT2D eigenvalue weighted by Crippen LogP contribution is 2.34. The van der Waals surface area contributed by atoms with Crippen molar-refractivity contribution in [1.29, 1.82) is 0 Å². The summed E-state index contributed by atoms with van der Waals surface area (Å²) in [6.07, 6.45) is 10.1. The number of aryl methyl sites for hydroxylation is 1. The Bertz CT molecular complexity index is 772. The Hall–Kier alpha value is -1.98. The zero-order valence-corrected chi connectivity index (χ0v) is 18.0. The fourth-order valence-electron chi connectivity index (χ4n) is 5.24. The van der Waals surface area contributed by atoms with Crippen molar-refractivity contribution in [2.24, 2.45) is 5.92 Å². The third-order valence-electron chi connectivity index (χ3n) is 6.96. The lowest BCUT2D eigenvalue weighted by Crippen LogP contribution is -2.41. The van der Waals surface area contributed by atoms with Gasteiger partial charge < -0.3 is 4.90 Å². The summed E-state index contributed by atoms with van der Waals surface area (Å²) >= 11 is 0. The van der Waals surface area contributed by atoms with E-state index in [-0.39, 0.29) is 17.7 Å². The van der Waals surface area contributed by atoms with Crippen molar-refractivity contribution in [1.82, 2.24) is 14.9 Å². The Kier molecular flexibility index (Phi) is 6.16. The van der Waals surface area contributed by atoms with E-state index in [1.54, 1.807) is 0 Å². The number of likely N-dealkylation sites (tertiary alicyclic amines) is 1. The number of nitrogens with zero attached hydrogens (tertiary/aromatic N) is 4. The molecule has 158 valence electrons. The van der Waals surface area contributed by atoms with E-state index in [4.69, 9.17) is 9.97 Å². The molecule has 6 heteroatoms. The molecule has 1 unspecified atom stereocenters. The van der Waals surface area contributed by atoms with Gasteiger partial charge in [0.1, 0.15) is 11.6 Å². The van der Waals surface area contributed by atoms with E-state index in [0.717, 1.165) is 55.3 Å². The molecule has 2 fully saturated rings. The van der Waals surface area contributed by atoms with Crippen molar-refractivity contribution < 1.29 is 9.59 Å². The van der Waals surface area contributed by atoms with Crippen LogP contribution in [0.2, 0.25) is 0 Å². The topological polar surface area (TPSA) is 66.4 Å². The van der Waals surface area contributed by atoms with E-state index in [0.29, 0.717) is 25.3 Å². The lowest BCUT2D eigenvalue weighted by Gasteiger charge is -2.35. The molecule has 3 heterocycles. The highest BCUT2D eigenvalue weighted by atomic mass is 16.2. The molecule has 0 radical (unpaired) electrons. The molecule has 1 aromatic heterocycles. The maximum Gasteiger partial charge on any atom is 0.228 e. The summed E-state index contributed by atoms with van der Waals surface area (Å²) in [6, 6.07) is 0. The van der Waals surface area contributed by atoms with Crippen molar-refractivity contribution in [3.63, 3.8) is 0 Å². The van der Waals surface area contributed by atoms with Gasteiger partial charge in [0, 0.05) is 49.7 Å². The molecule has 1 saturated carbocycles. The van der Waals surface area contributed by atoms with Gasteiger partial charge in [-0.1, -0.05) is 26.2 Å². The van der Waals surface area contributed by atoms with Crippen molar-refractivity contribution in [2.75, 3.05) is 24.5 Å². The van der Waals surface area contributed by atoms with Gasteiger partial charge >= 0.3 is 0 Å². The lowest BCUT2D eigenvalue weighted by molar-refractivity contribution is -0.132. The third-order valence-corrected chi connectivity index (χ3v) is 6.96. The number of anilines is 1. The van der Waals surface area contributed by atoms with Crippen molar-refractivity contribution in [2.45, 2.75) is 84.0 Å². The minimum absolute atomic E-state index is 0.164. The first-order valence-corrected chi connectivity index (χ1v) is 11.5. The first kappa shape index (κ1) is 20.3. The number of fused-ring (bicyclic) bond motifs is 1. The van der Waals surface area contributed by atoms with E-state index >= 15 is 0 Å². The van der Waals surface area contributed by atoms with Gasteiger partial charge in [-0.05, 0) is 44.9 Å². The minimum atomic E-state index is 0.164. The maximum absolute atomic E-state index is 12.8. The minimum Gasteiger partial charge on any atom is -0.342 e. The van der Waals surface area contributed by atoms with Crippen LogP contribution in [0, 0.1) is 12.8 Å². The number of carbonyl (C=O) groups is 2. The molecular formula is C23H34N4O2. The number of piperidine rings is 1. The summed E-state index contributed by atoms with van der Waals surface area (Å²) in [5.74, 6) is 2.84. The summed E-state index contributed by atoms with van der Waals surface area (Å²) in [6.45, 7) is 6.30. The van der Waals surface area contributed by atoms with Crippen molar-refractivity contribution in [3.05, 3.63) is 17.1 Å². The Morgan fingerprint density at radius 2 is 1.86 bits per heavy atom. The monoisotopic (exact) mass is 398 g/mol. The smallest absolute Gasteiger partial charge is 0.228 e. The Morgan fingerprint density at radius 3 is 2.62 bits per heavy atom. The molecule has 2 amide bonds. The van der Waals surface area contributed by atoms with Gasteiger partial charge in [-0.15, -0.1) is 0 Å². The molecule has 2 aliphatic heterocycles. The first-order valence-electron chi connectivity index (χ1n) is 11.5. The summed E-state index contributed by atoms with van der Waals surface area (Å²) < 4.78 is 0.